The highest BCUT2D eigenvalue weighted by Gasteiger charge is 2.32. The molecule has 0 aromatic heterocycles. The lowest BCUT2D eigenvalue weighted by molar-refractivity contribution is 0.182. The molecule has 2 aromatic carbocycles. The smallest absolute Gasteiger partial charge is 0.130 e. The van der Waals surface area contributed by atoms with Crippen LogP contribution in [-0.2, 0) is 4.74 Å². The summed E-state index contributed by atoms with van der Waals surface area (Å²) in [6.07, 6.45) is 0. The number of hydrogen-bond donors (Lipinski definition) is 1. The normalized spacial score (nSPS) is 21.9. The largest absolute Gasteiger partial charge is 0.497 e. The Labute approximate surface area is 184 Å². The first-order valence-corrected chi connectivity index (χ1v) is 11.6. The van der Waals surface area contributed by atoms with Gasteiger partial charge in [0.25, 0.3) is 0 Å². The summed E-state index contributed by atoms with van der Waals surface area (Å²) in [6, 6.07) is 17.4. The van der Waals surface area contributed by atoms with Gasteiger partial charge < -0.3 is 24.2 Å². The van der Waals surface area contributed by atoms with Gasteiger partial charge in [-0.2, -0.15) is 0 Å². The molecule has 2 fully saturated rings. The Hall–Kier alpha value is -2.09. The molecular formula is C23H32N4O2S. The van der Waals surface area contributed by atoms with Gasteiger partial charge in [0.1, 0.15) is 16.7 Å². The Bertz CT molecular complexity index is 794. The molecule has 0 radical (unpaired) electrons. The van der Waals surface area contributed by atoms with Gasteiger partial charge in [-0.3, -0.25) is 5.32 Å². The van der Waals surface area contributed by atoms with Crippen molar-refractivity contribution < 1.29 is 9.47 Å². The molecule has 2 atom stereocenters. The summed E-state index contributed by atoms with van der Waals surface area (Å²) < 4.78 is 10.8. The van der Waals surface area contributed by atoms with Crippen molar-refractivity contribution in [3.63, 3.8) is 0 Å². The molecule has 2 aliphatic rings. The van der Waals surface area contributed by atoms with Gasteiger partial charge in [0.2, 0.25) is 0 Å². The number of thioether (sulfide) groups is 1. The molecule has 7 heteroatoms. The van der Waals surface area contributed by atoms with Crippen LogP contribution in [0.2, 0.25) is 0 Å². The van der Waals surface area contributed by atoms with E-state index in [1.165, 1.54) is 17.1 Å². The monoisotopic (exact) mass is 428 g/mol. The van der Waals surface area contributed by atoms with Crippen LogP contribution in [-0.4, -0.2) is 64.4 Å². The third-order valence-electron chi connectivity index (χ3n) is 5.81. The molecule has 0 spiro atoms. The molecule has 0 aliphatic carbocycles. The molecule has 2 saturated heterocycles. The van der Waals surface area contributed by atoms with Crippen molar-refractivity contribution in [1.82, 2.24) is 5.32 Å². The average Bonchev–Trinajstić information content (AvgIpc) is 3.23. The number of hydrogen-bond acceptors (Lipinski definition) is 7. The number of nitrogens with zero attached hydrogens (tertiary/aromatic N) is 3. The quantitative estimate of drug-likeness (QED) is 0.724. The van der Waals surface area contributed by atoms with E-state index in [2.05, 4.69) is 63.3 Å². The van der Waals surface area contributed by atoms with Crippen molar-refractivity contribution in [2.75, 3.05) is 68.2 Å². The topological polar surface area (TPSA) is 40.2 Å². The maximum Gasteiger partial charge on any atom is 0.130 e. The second-order valence-corrected chi connectivity index (χ2v) is 8.80. The van der Waals surface area contributed by atoms with E-state index < -0.39 is 0 Å². The van der Waals surface area contributed by atoms with Crippen LogP contribution in [0.15, 0.2) is 48.5 Å². The first kappa shape index (κ1) is 21.2. The number of ether oxygens (including phenoxy) is 2. The van der Waals surface area contributed by atoms with Crippen molar-refractivity contribution in [2.24, 2.45) is 0 Å². The number of piperazine rings is 1. The molecule has 2 aromatic rings. The van der Waals surface area contributed by atoms with Gasteiger partial charge in [-0.15, -0.1) is 0 Å². The van der Waals surface area contributed by atoms with Gasteiger partial charge in [-0.25, -0.2) is 0 Å². The Kier molecular flexibility index (Phi) is 6.92. The SMILES string of the molecule is CCNC1SC(OC)CN1c1ccc(N2CCN(c3ccc(OC)cc3)CC2)cc1. The predicted molar refractivity (Wildman–Crippen MR) is 127 cm³/mol. The van der Waals surface area contributed by atoms with E-state index in [1.54, 1.807) is 14.2 Å². The zero-order chi connectivity index (χ0) is 20.9. The van der Waals surface area contributed by atoms with E-state index in [0.717, 1.165) is 45.0 Å². The molecule has 162 valence electrons. The maximum atomic E-state index is 5.58. The average molecular weight is 429 g/mol. The fourth-order valence-corrected chi connectivity index (χ4v) is 5.35. The van der Waals surface area contributed by atoms with Crippen molar-refractivity contribution in [2.45, 2.75) is 17.9 Å². The fourth-order valence-electron chi connectivity index (χ4n) is 4.09. The van der Waals surface area contributed by atoms with Gasteiger partial charge >= 0.3 is 0 Å². The first-order chi connectivity index (χ1) is 14.7. The van der Waals surface area contributed by atoms with Crippen LogP contribution in [0.5, 0.6) is 5.75 Å². The van der Waals surface area contributed by atoms with Gasteiger partial charge in [0, 0.05) is 50.4 Å². The van der Waals surface area contributed by atoms with Crippen LogP contribution < -0.4 is 24.8 Å². The minimum Gasteiger partial charge on any atom is -0.497 e. The first-order valence-electron chi connectivity index (χ1n) is 10.6. The number of benzene rings is 2. The Morgan fingerprint density at radius 1 is 0.867 bits per heavy atom. The van der Waals surface area contributed by atoms with Gasteiger partial charge in [0.15, 0.2) is 0 Å². The van der Waals surface area contributed by atoms with Crippen LogP contribution in [0.25, 0.3) is 0 Å². The number of anilines is 3. The number of nitrogens with one attached hydrogen (secondary N) is 1. The van der Waals surface area contributed by atoms with Gasteiger partial charge in [-0.05, 0) is 55.1 Å². The van der Waals surface area contributed by atoms with E-state index >= 15 is 0 Å². The second kappa shape index (κ2) is 9.81. The van der Waals surface area contributed by atoms with Crippen LogP contribution >= 0.6 is 11.8 Å². The predicted octanol–water partition coefficient (Wildman–Crippen LogP) is 3.44. The van der Waals surface area contributed by atoms with Crippen LogP contribution in [0, 0.1) is 0 Å². The van der Waals surface area contributed by atoms with Crippen LogP contribution in [0.3, 0.4) is 0 Å². The lowest BCUT2D eigenvalue weighted by Gasteiger charge is -2.37. The van der Waals surface area contributed by atoms with Crippen molar-refractivity contribution in [3.05, 3.63) is 48.5 Å². The molecule has 0 saturated carbocycles. The summed E-state index contributed by atoms with van der Waals surface area (Å²) in [5.74, 6) is 0.905. The maximum absolute atomic E-state index is 5.58. The minimum absolute atomic E-state index is 0.208. The fraction of sp³-hybridized carbons (Fsp3) is 0.478. The molecule has 4 rings (SSSR count). The molecule has 0 amide bonds. The van der Waals surface area contributed by atoms with E-state index in [9.17, 15) is 0 Å². The molecule has 6 nitrogen and oxygen atoms in total. The zero-order valence-electron chi connectivity index (χ0n) is 18.1. The van der Waals surface area contributed by atoms with Crippen molar-refractivity contribution in [3.8, 4) is 5.75 Å². The molecular weight excluding hydrogens is 396 g/mol. The highest BCUT2D eigenvalue weighted by molar-refractivity contribution is 8.00. The molecule has 2 unspecified atom stereocenters. The third kappa shape index (κ3) is 4.63. The highest BCUT2D eigenvalue weighted by Crippen LogP contribution is 2.34. The molecule has 2 aliphatic heterocycles. The van der Waals surface area contributed by atoms with E-state index in [1.807, 2.05) is 23.9 Å². The lowest BCUT2D eigenvalue weighted by atomic mass is 10.2. The summed E-state index contributed by atoms with van der Waals surface area (Å²) in [5, 5.41) is 3.55. The van der Waals surface area contributed by atoms with E-state index in [4.69, 9.17) is 9.47 Å². The summed E-state index contributed by atoms with van der Waals surface area (Å²) >= 11 is 1.84. The minimum atomic E-state index is 0.208. The zero-order valence-corrected chi connectivity index (χ0v) is 18.9. The summed E-state index contributed by atoms with van der Waals surface area (Å²) in [6.45, 7) is 8.09. The van der Waals surface area contributed by atoms with Crippen molar-refractivity contribution >= 4 is 28.8 Å². The van der Waals surface area contributed by atoms with E-state index in [-0.39, 0.29) is 10.9 Å². The van der Waals surface area contributed by atoms with Crippen LogP contribution in [0.4, 0.5) is 17.1 Å². The molecule has 30 heavy (non-hydrogen) atoms. The highest BCUT2D eigenvalue weighted by atomic mass is 32.2. The van der Waals surface area contributed by atoms with Crippen LogP contribution in [0.1, 0.15) is 6.92 Å². The number of methoxy groups -OCH3 is 2. The summed E-state index contributed by atoms with van der Waals surface area (Å²) in [5.41, 5.74) is 4.27. The molecule has 0 bridgehead atoms. The second-order valence-electron chi connectivity index (χ2n) is 7.55. The van der Waals surface area contributed by atoms with Gasteiger partial charge in [-0.1, -0.05) is 18.7 Å². The van der Waals surface area contributed by atoms with Crippen molar-refractivity contribution in [1.29, 1.82) is 0 Å². The standard InChI is InChI=1S/C23H32N4O2S/c1-4-24-23-27(17-22(29-3)30-23)20-7-5-18(6-8-20)25-13-15-26(16-14-25)19-9-11-21(28-2)12-10-19/h5-12,22-24H,4,13-17H2,1-3H3. The summed E-state index contributed by atoms with van der Waals surface area (Å²) in [4.78, 5) is 7.31. The Morgan fingerprint density at radius 2 is 1.40 bits per heavy atom. The van der Waals surface area contributed by atoms with E-state index in [0.29, 0.717) is 0 Å². The third-order valence-corrected chi connectivity index (χ3v) is 7.14. The Balaban J connectivity index is 1.36. The summed E-state index contributed by atoms with van der Waals surface area (Å²) in [7, 11) is 3.50. The molecule has 1 N–H and O–H groups in total. The molecule has 2 heterocycles. The lowest BCUT2D eigenvalue weighted by Crippen LogP contribution is -2.46. The van der Waals surface area contributed by atoms with Gasteiger partial charge in [0.05, 0.1) is 13.7 Å². The Morgan fingerprint density at radius 3 is 1.90 bits per heavy atom. The number of rotatable bonds is 7.